The summed E-state index contributed by atoms with van der Waals surface area (Å²) in [6.45, 7) is 2.42. The lowest BCUT2D eigenvalue weighted by Crippen LogP contribution is -2.29. The van der Waals surface area contributed by atoms with Crippen molar-refractivity contribution in [3.05, 3.63) is 59.7 Å². The van der Waals surface area contributed by atoms with Gasteiger partial charge >= 0.3 is 0 Å². The zero-order valence-corrected chi connectivity index (χ0v) is 14.2. The molecule has 1 amide bonds. The van der Waals surface area contributed by atoms with Crippen molar-refractivity contribution in [2.45, 2.75) is 13.5 Å². The lowest BCUT2D eigenvalue weighted by Gasteiger charge is -2.16. The van der Waals surface area contributed by atoms with Gasteiger partial charge < -0.3 is 10.1 Å². The Kier molecular flexibility index (Phi) is 6.09. The molecule has 0 saturated heterocycles. The third-order valence-corrected chi connectivity index (χ3v) is 3.58. The molecule has 0 aliphatic carbocycles. The smallest absolute Gasteiger partial charge is 0.238 e. The Hall–Kier alpha value is -2.66. The average molecular weight is 326 g/mol. The molecule has 0 saturated carbocycles. The predicted molar refractivity (Wildman–Crippen MR) is 94.4 cm³/mol. The zero-order chi connectivity index (χ0) is 17.5. The number of hydrogen-bond donors (Lipinski definition) is 1. The molecule has 0 aliphatic heterocycles. The van der Waals surface area contributed by atoms with E-state index in [2.05, 4.69) is 5.32 Å². The van der Waals surface area contributed by atoms with Crippen molar-refractivity contribution in [1.29, 1.82) is 0 Å². The number of benzene rings is 2. The van der Waals surface area contributed by atoms with Crippen molar-refractivity contribution in [2.24, 2.45) is 0 Å². The third-order valence-electron chi connectivity index (χ3n) is 3.58. The van der Waals surface area contributed by atoms with Gasteiger partial charge in [-0.25, -0.2) is 0 Å². The summed E-state index contributed by atoms with van der Waals surface area (Å²) in [5, 5.41) is 2.82. The Labute approximate surface area is 142 Å². The highest BCUT2D eigenvalue weighted by atomic mass is 16.5. The number of ketones is 1. The third kappa shape index (κ3) is 5.21. The van der Waals surface area contributed by atoms with Gasteiger partial charge in [-0.15, -0.1) is 0 Å². The maximum Gasteiger partial charge on any atom is 0.238 e. The Morgan fingerprint density at radius 1 is 1.12 bits per heavy atom. The van der Waals surface area contributed by atoms with Crippen LogP contribution in [-0.2, 0) is 11.3 Å². The molecular weight excluding hydrogens is 304 g/mol. The number of hydrogen-bond acceptors (Lipinski definition) is 4. The van der Waals surface area contributed by atoms with E-state index in [4.69, 9.17) is 4.74 Å². The number of methoxy groups -OCH3 is 1. The molecule has 126 valence electrons. The first-order valence-corrected chi connectivity index (χ1v) is 7.70. The minimum absolute atomic E-state index is 0.0253. The Balaban J connectivity index is 1.89. The molecule has 24 heavy (non-hydrogen) atoms. The minimum Gasteiger partial charge on any atom is -0.497 e. The first-order chi connectivity index (χ1) is 11.5. The summed E-state index contributed by atoms with van der Waals surface area (Å²) in [4.78, 5) is 25.4. The molecule has 0 unspecified atom stereocenters. The quantitative estimate of drug-likeness (QED) is 0.795. The van der Waals surface area contributed by atoms with E-state index in [0.29, 0.717) is 17.8 Å². The van der Waals surface area contributed by atoms with E-state index >= 15 is 0 Å². The fraction of sp³-hybridized carbons (Fsp3) is 0.263. The van der Waals surface area contributed by atoms with E-state index in [1.54, 1.807) is 31.4 Å². The van der Waals surface area contributed by atoms with Gasteiger partial charge in [-0.3, -0.25) is 14.5 Å². The van der Waals surface area contributed by atoms with Crippen molar-refractivity contribution in [1.82, 2.24) is 4.90 Å². The van der Waals surface area contributed by atoms with Crippen LogP contribution in [0.15, 0.2) is 48.5 Å². The number of carbonyl (C=O) groups is 2. The second kappa shape index (κ2) is 8.26. The van der Waals surface area contributed by atoms with Gasteiger partial charge in [-0.05, 0) is 43.8 Å². The fourth-order valence-corrected chi connectivity index (χ4v) is 2.36. The highest BCUT2D eigenvalue weighted by molar-refractivity contribution is 5.97. The van der Waals surface area contributed by atoms with E-state index in [1.165, 1.54) is 6.92 Å². The summed E-state index contributed by atoms with van der Waals surface area (Å²) in [6.07, 6.45) is 0. The van der Waals surface area contributed by atoms with E-state index < -0.39 is 0 Å². The van der Waals surface area contributed by atoms with Crippen LogP contribution in [0.2, 0.25) is 0 Å². The number of rotatable bonds is 7. The Bertz CT molecular complexity index is 711. The molecule has 0 heterocycles. The van der Waals surface area contributed by atoms with Crippen molar-refractivity contribution in [2.75, 3.05) is 26.0 Å². The molecule has 0 fully saturated rings. The number of anilines is 1. The first kappa shape index (κ1) is 17.7. The number of ether oxygens (including phenoxy) is 1. The van der Waals surface area contributed by atoms with Crippen molar-refractivity contribution in [3.63, 3.8) is 0 Å². The lowest BCUT2D eigenvalue weighted by molar-refractivity contribution is -0.117. The minimum atomic E-state index is -0.119. The van der Waals surface area contributed by atoms with Crippen molar-refractivity contribution >= 4 is 17.4 Å². The molecule has 0 bridgehead atoms. The van der Waals surface area contributed by atoms with Crippen LogP contribution in [0.1, 0.15) is 22.8 Å². The molecule has 2 aromatic carbocycles. The largest absolute Gasteiger partial charge is 0.497 e. The molecule has 5 nitrogen and oxygen atoms in total. The number of nitrogens with one attached hydrogen (secondary N) is 1. The van der Waals surface area contributed by atoms with Gasteiger partial charge in [0.15, 0.2) is 5.78 Å². The second-order valence-corrected chi connectivity index (χ2v) is 5.71. The lowest BCUT2D eigenvalue weighted by atomic mass is 10.1. The van der Waals surface area contributed by atoms with Crippen molar-refractivity contribution in [3.8, 4) is 5.75 Å². The van der Waals surface area contributed by atoms with Crippen LogP contribution >= 0.6 is 0 Å². The molecule has 0 atom stereocenters. The van der Waals surface area contributed by atoms with E-state index in [-0.39, 0.29) is 18.2 Å². The molecule has 5 heteroatoms. The summed E-state index contributed by atoms with van der Waals surface area (Å²) >= 11 is 0. The van der Waals surface area contributed by atoms with Crippen LogP contribution in [0.4, 0.5) is 5.69 Å². The summed E-state index contributed by atoms with van der Waals surface area (Å²) in [5.74, 6) is 0.666. The van der Waals surface area contributed by atoms with E-state index in [9.17, 15) is 9.59 Å². The average Bonchev–Trinajstić information content (AvgIpc) is 2.55. The molecule has 1 N–H and O–H groups in total. The standard InChI is InChI=1S/C19H22N2O3/c1-14(22)16-5-4-6-17(11-16)20-19(23)13-21(2)12-15-7-9-18(24-3)10-8-15/h4-11H,12-13H2,1-3H3,(H,20,23). The number of Topliss-reactive ketones (excluding diaryl/α,β-unsaturated/α-hetero) is 1. The van der Waals surface area contributed by atoms with Gasteiger partial charge in [0.2, 0.25) is 5.91 Å². The molecular formula is C19H22N2O3. The topological polar surface area (TPSA) is 58.6 Å². The van der Waals surface area contributed by atoms with Crippen LogP contribution in [0, 0.1) is 0 Å². The summed E-state index contributed by atoms with van der Waals surface area (Å²) in [5.41, 5.74) is 2.31. The number of amides is 1. The van der Waals surface area contributed by atoms with Gasteiger partial charge in [-0.2, -0.15) is 0 Å². The maximum atomic E-state index is 12.1. The van der Waals surface area contributed by atoms with Gasteiger partial charge in [0.25, 0.3) is 0 Å². The zero-order valence-electron chi connectivity index (χ0n) is 14.2. The maximum absolute atomic E-state index is 12.1. The van der Waals surface area contributed by atoms with Gasteiger partial charge in [0, 0.05) is 17.8 Å². The molecule has 0 aliphatic rings. The molecule has 0 spiro atoms. The van der Waals surface area contributed by atoms with Gasteiger partial charge in [0.05, 0.1) is 13.7 Å². The summed E-state index contributed by atoms with van der Waals surface area (Å²) < 4.78 is 5.13. The number of nitrogens with zero attached hydrogens (tertiary/aromatic N) is 1. The summed E-state index contributed by atoms with van der Waals surface area (Å²) in [6, 6.07) is 14.7. The fourth-order valence-electron chi connectivity index (χ4n) is 2.36. The SMILES string of the molecule is COc1ccc(CN(C)CC(=O)Nc2cccc(C(C)=O)c2)cc1. The molecule has 0 aromatic heterocycles. The van der Waals surface area contributed by atoms with Crippen molar-refractivity contribution < 1.29 is 14.3 Å². The molecule has 2 aromatic rings. The van der Waals surface area contributed by atoms with Crippen LogP contribution in [0.25, 0.3) is 0 Å². The van der Waals surface area contributed by atoms with Crippen LogP contribution in [0.3, 0.4) is 0 Å². The van der Waals surface area contributed by atoms with Crippen LogP contribution in [0.5, 0.6) is 5.75 Å². The molecule has 2 rings (SSSR count). The summed E-state index contributed by atoms with van der Waals surface area (Å²) in [7, 11) is 3.52. The van der Waals surface area contributed by atoms with E-state index in [0.717, 1.165) is 11.3 Å². The van der Waals surface area contributed by atoms with Crippen LogP contribution < -0.4 is 10.1 Å². The predicted octanol–water partition coefficient (Wildman–Crippen LogP) is 2.97. The van der Waals surface area contributed by atoms with Gasteiger partial charge in [0.1, 0.15) is 5.75 Å². The number of carbonyl (C=O) groups excluding carboxylic acids is 2. The van der Waals surface area contributed by atoms with Crippen LogP contribution in [-0.4, -0.2) is 37.3 Å². The second-order valence-electron chi connectivity index (χ2n) is 5.71. The van der Waals surface area contributed by atoms with E-state index in [1.807, 2.05) is 36.2 Å². The monoisotopic (exact) mass is 326 g/mol. The highest BCUT2D eigenvalue weighted by Crippen LogP contribution is 2.13. The first-order valence-electron chi connectivity index (χ1n) is 7.70. The molecule has 0 radical (unpaired) electrons. The highest BCUT2D eigenvalue weighted by Gasteiger charge is 2.09. The normalized spacial score (nSPS) is 10.5. The Morgan fingerprint density at radius 3 is 2.46 bits per heavy atom. The van der Waals surface area contributed by atoms with Gasteiger partial charge in [-0.1, -0.05) is 24.3 Å². The Morgan fingerprint density at radius 2 is 1.83 bits per heavy atom. The number of likely N-dealkylation sites (N-methyl/N-ethyl adjacent to an activating group) is 1.